The van der Waals surface area contributed by atoms with Gasteiger partial charge in [0.1, 0.15) is 0 Å². The first-order chi connectivity index (χ1) is 10.4. The van der Waals surface area contributed by atoms with E-state index in [4.69, 9.17) is 0 Å². The Balaban J connectivity index is 1.93. The molecule has 110 valence electrons. The van der Waals surface area contributed by atoms with Gasteiger partial charge < -0.3 is 5.11 Å². The number of piperidine rings is 1. The fourth-order valence-corrected chi connectivity index (χ4v) is 3.37. The van der Waals surface area contributed by atoms with Crippen molar-refractivity contribution in [2.24, 2.45) is 5.92 Å². The third-order valence-electron chi connectivity index (χ3n) is 4.40. The molecule has 1 aliphatic heterocycles. The number of rotatable bonds is 4. The number of aliphatic hydroxyl groups is 1. The lowest BCUT2D eigenvalue weighted by molar-refractivity contribution is 0.0999. The number of hydrogen-bond acceptors (Lipinski definition) is 2. The van der Waals surface area contributed by atoms with E-state index in [1.807, 2.05) is 0 Å². The van der Waals surface area contributed by atoms with Gasteiger partial charge in [-0.1, -0.05) is 60.7 Å². The highest BCUT2D eigenvalue weighted by molar-refractivity contribution is 5.31. The highest BCUT2D eigenvalue weighted by Gasteiger charge is 2.27. The van der Waals surface area contributed by atoms with E-state index in [1.54, 1.807) is 0 Å². The van der Waals surface area contributed by atoms with Crippen molar-refractivity contribution < 1.29 is 5.11 Å². The van der Waals surface area contributed by atoms with Crippen LogP contribution in [0.2, 0.25) is 0 Å². The lowest BCUT2D eigenvalue weighted by Crippen LogP contribution is -2.39. The predicted molar refractivity (Wildman–Crippen MR) is 86.1 cm³/mol. The monoisotopic (exact) mass is 281 g/mol. The maximum absolute atomic E-state index is 9.51. The van der Waals surface area contributed by atoms with Crippen LogP contribution in [0, 0.1) is 5.92 Å². The average molecular weight is 281 g/mol. The van der Waals surface area contributed by atoms with Crippen LogP contribution in [-0.2, 0) is 0 Å². The largest absolute Gasteiger partial charge is 0.396 e. The van der Waals surface area contributed by atoms with Gasteiger partial charge >= 0.3 is 0 Å². The highest BCUT2D eigenvalue weighted by Crippen LogP contribution is 2.32. The zero-order valence-corrected chi connectivity index (χ0v) is 12.4. The van der Waals surface area contributed by atoms with Gasteiger partial charge in [0, 0.05) is 13.2 Å². The minimum absolute atomic E-state index is 0.293. The molecule has 1 unspecified atom stereocenters. The van der Waals surface area contributed by atoms with E-state index >= 15 is 0 Å². The maximum atomic E-state index is 9.51. The molecule has 1 saturated heterocycles. The van der Waals surface area contributed by atoms with Crippen molar-refractivity contribution in [3.05, 3.63) is 71.8 Å². The first kappa shape index (κ1) is 14.3. The lowest BCUT2D eigenvalue weighted by Gasteiger charge is -2.38. The van der Waals surface area contributed by atoms with E-state index < -0.39 is 0 Å². The van der Waals surface area contributed by atoms with Crippen molar-refractivity contribution in [3.63, 3.8) is 0 Å². The molecule has 2 aromatic carbocycles. The second-order valence-corrected chi connectivity index (χ2v) is 5.91. The minimum Gasteiger partial charge on any atom is -0.396 e. The van der Waals surface area contributed by atoms with Gasteiger partial charge in [0.05, 0.1) is 6.04 Å². The van der Waals surface area contributed by atoms with Crippen LogP contribution in [0.3, 0.4) is 0 Å². The molecule has 0 saturated carbocycles. The Hall–Kier alpha value is -1.64. The SMILES string of the molecule is OCC1CCCN(C(c2ccccc2)c2ccccc2)C1. The Morgan fingerprint density at radius 3 is 2.05 bits per heavy atom. The van der Waals surface area contributed by atoms with Gasteiger partial charge in [-0.25, -0.2) is 0 Å². The fraction of sp³-hybridized carbons (Fsp3) is 0.368. The molecule has 3 rings (SSSR count). The molecule has 2 nitrogen and oxygen atoms in total. The summed E-state index contributed by atoms with van der Waals surface area (Å²) in [6.07, 6.45) is 2.31. The van der Waals surface area contributed by atoms with Gasteiger partial charge in [0.25, 0.3) is 0 Å². The Labute approximate surface area is 127 Å². The second-order valence-electron chi connectivity index (χ2n) is 5.91. The molecule has 1 heterocycles. The average Bonchev–Trinajstić information content (AvgIpc) is 2.57. The molecule has 1 atom stereocenters. The summed E-state index contributed by atoms with van der Waals surface area (Å²) in [5.41, 5.74) is 2.67. The standard InChI is InChI=1S/C19H23NO/c21-15-16-8-7-13-20(14-16)19(17-9-3-1-4-10-17)18-11-5-2-6-12-18/h1-6,9-12,16,19,21H,7-8,13-15H2. The van der Waals surface area contributed by atoms with E-state index in [0.717, 1.165) is 19.5 Å². The number of likely N-dealkylation sites (tertiary alicyclic amines) is 1. The lowest BCUT2D eigenvalue weighted by atomic mass is 9.92. The van der Waals surface area contributed by atoms with Crippen LogP contribution in [0.25, 0.3) is 0 Å². The summed E-state index contributed by atoms with van der Waals surface area (Å²) in [5.74, 6) is 0.411. The summed E-state index contributed by atoms with van der Waals surface area (Å²) in [6.45, 7) is 2.38. The van der Waals surface area contributed by atoms with E-state index in [1.165, 1.54) is 17.5 Å². The van der Waals surface area contributed by atoms with Gasteiger partial charge in [-0.2, -0.15) is 0 Å². The topological polar surface area (TPSA) is 23.5 Å². The van der Waals surface area contributed by atoms with Crippen molar-refractivity contribution in [2.45, 2.75) is 18.9 Å². The summed E-state index contributed by atoms with van der Waals surface area (Å²) in [5, 5.41) is 9.51. The number of nitrogens with zero attached hydrogens (tertiary/aromatic N) is 1. The van der Waals surface area contributed by atoms with Gasteiger partial charge in [0.15, 0.2) is 0 Å². The van der Waals surface area contributed by atoms with Crippen LogP contribution in [0.1, 0.15) is 30.0 Å². The fourth-order valence-electron chi connectivity index (χ4n) is 3.37. The molecule has 0 amide bonds. The van der Waals surface area contributed by atoms with Crippen LogP contribution >= 0.6 is 0 Å². The summed E-state index contributed by atoms with van der Waals surface area (Å²) in [6, 6.07) is 21.7. The molecule has 0 radical (unpaired) electrons. The number of aliphatic hydroxyl groups excluding tert-OH is 1. The molecule has 1 fully saturated rings. The van der Waals surface area contributed by atoms with E-state index in [9.17, 15) is 5.11 Å². The Bertz CT molecular complexity index is 501. The van der Waals surface area contributed by atoms with Crippen molar-refractivity contribution in [1.29, 1.82) is 0 Å². The van der Waals surface area contributed by atoms with E-state index in [-0.39, 0.29) is 0 Å². The third kappa shape index (κ3) is 3.34. The quantitative estimate of drug-likeness (QED) is 0.927. The first-order valence-electron chi connectivity index (χ1n) is 7.83. The minimum atomic E-state index is 0.293. The Morgan fingerprint density at radius 1 is 0.952 bits per heavy atom. The van der Waals surface area contributed by atoms with Gasteiger partial charge in [-0.05, 0) is 36.4 Å². The Morgan fingerprint density at radius 2 is 1.52 bits per heavy atom. The first-order valence-corrected chi connectivity index (χ1v) is 7.83. The van der Waals surface area contributed by atoms with Crippen LogP contribution in [0.15, 0.2) is 60.7 Å². The van der Waals surface area contributed by atoms with Crippen molar-refractivity contribution in [2.75, 3.05) is 19.7 Å². The van der Waals surface area contributed by atoms with Crippen molar-refractivity contribution >= 4 is 0 Å². The summed E-state index contributed by atoms with van der Waals surface area (Å²) in [4.78, 5) is 2.52. The normalized spacial score (nSPS) is 19.8. The molecule has 0 aromatic heterocycles. The van der Waals surface area contributed by atoms with Crippen LogP contribution in [0.4, 0.5) is 0 Å². The Kier molecular flexibility index (Phi) is 4.69. The number of benzene rings is 2. The summed E-state index contributed by atoms with van der Waals surface area (Å²) < 4.78 is 0. The predicted octanol–water partition coefficient (Wildman–Crippen LogP) is 3.48. The number of hydrogen-bond donors (Lipinski definition) is 1. The smallest absolute Gasteiger partial charge is 0.0601 e. The van der Waals surface area contributed by atoms with Crippen LogP contribution in [0.5, 0.6) is 0 Å². The zero-order chi connectivity index (χ0) is 14.5. The van der Waals surface area contributed by atoms with Crippen molar-refractivity contribution in [1.82, 2.24) is 4.90 Å². The molecule has 0 spiro atoms. The molecule has 0 aliphatic carbocycles. The molecular weight excluding hydrogens is 258 g/mol. The van der Waals surface area contributed by atoms with E-state index in [2.05, 4.69) is 65.6 Å². The maximum Gasteiger partial charge on any atom is 0.0601 e. The molecule has 1 aliphatic rings. The van der Waals surface area contributed by atoms with Gasteiger partial charge in [0.2, 0.25) is 0 Å². The van der Waals surface area contributed by atoms with Crippen LogP contribution in [-0.4, -0.2) is 29.7 Å². The zero-order valence-electron chi connectivity index (χ0n) is 12.4. The van der Waals surface area contributed by atoms with Crippen LogP contribution < -0.4 is 0 Å². The van der Waals surface area contributed by atoms with Crippen molar-refractivity contribution in [3.8, 4) is 0 Å². The molecule has 2 aromatic rings. The third-order valence-corrected chi connectivity index (χ3v) is 4.40. The summed E-state index contributed by atoms with van der Waals surface area (Å²) in [7, 11) is 0. The second kappa shape index (κ2) is 6.88. The van der Waals surface area contributed by atoms with E-state index in [0.29, 0.717) is 18.6 Å². The summed E-state index contributed by atoms with van der Waals surface area (Å²) >= 11 is 0. The van der Waals surface area contributed by atoms with Gasteiger partial charge in [-0.3, -0.25) is 4.90 Å². The molecule has 2 heteroatoms. The molecular formula is C19H23NO. The molecule has 1 N–H and O–H groups in total. The molecule has 21 heavy (non-hydrogen) atoms. The van der Waals surface area contributed by atoms with Gasteiger partial charge in [-0.15, -0.1) is 0 Å². The highest BCUT2D eigenvalue weighted by atomic mass is 16.3. The molecule has 0 bridgehead atoms.